The van der Waals surface area contributed by atoms with E-state index < -0.39 is 7.14 Å². The van der Waals surface area contributed by atoms with E-state index in [4.69, 9.17) is 4.99 Å². The van der Waals surface area contributed by atoms with E-state index in [2.05, 4.69) is 4.98 Å². The van der Waals surface area contributed by atoms with Crippen molar-refractivity contribution in [2.75, 3.05) is 26.9 Å². The van der Waals surface area contributed by atoms with Crippen molar-refractivity contribution >= 4 is 34.9 Å². The molecule has 0 radical (unpaired) electrons. The van der Waals surface area contributed by atoms with E-state index in [1.165, 1.54) is 0 Å². The maximum Gasteiger partial charge on any atom is 0.274 e. The van der Waals surface area contributed by atoms with Crippen LogP contribution in [0.2, 0.25) is 0 Å². The van der Waals surface area contributed by atoms with Gasteiger partial charge in [-0.15, -0.1) is 0 Å². The Labute approximate surface area is 162 Å². The molecule has 1 amide bonds. The predicted octanol–water partition coefficient (Wildman–Crippen LogP) is 2.31. The number of hydrogen-bond donors (Lipinski definition) is 1. The van der Waals surface area contributed by atoms with Gasteiger partial charge in [-0.2, -0.15) is 0 Å². The molecule has 3 heterocycles. The van der Waals surface area contributed by atoms with Gasteiger partial charge in [0.2, 0.25) is 0 Å². The standard InChI is InChI=1S/C20H21N4O3P/c1-23-10-11-24-17(20(23)26)18(25)16-15(8-5-9-21-16)19(24)22-13-6-4-7-14(12-13)28(2,3)27/h4-9,12,25H,10-11H2,1-3H3/b22-19+. The number of likely N-dealkylation sites (N-methyl/N-ethyl adjacent to an activating group) is 1. The van der Waals surface area contributed by atoms with Crippen LogP contribution in [0.15, 0.2) is 47.6 Å². The van der Waals surface area contributed by atoms with Gasteiger partial charge in [0.1, 0.15) is 18.1 Å². The fourth-order valence-corrected chi connectivity index (χ4v) is 4.26. The van der Waals surface area contributed by atoms with Crippen LogP contribution in [0.5, 0.6) is 5.75 Å². The Bertz CT molecular complexity index is 1230. The summed E-state index contributed by atoms with van der Waals surface area (Å²) in [7, 11) is -0.724. The van der Waals surface area contributed by atoms with Crippen molar-refractivity contribution in [2.24, 2.45) is 4.99 Å². The van der Waals surface area contributed by atoms with Crippen molar-refractivity contribution in [3.8, 4) is 5.75 Å². The second kappa shape index (κ2) is 6.60. The lowest BCUT2D eigenvalue weighted by atomic mass is 10.1. The topological polar surface area (TPSA) is 87.8 Å². The number of fused-ring (bicyclic) bond motifs is 2. The number of carbonyl (C=O) groups excluding carboxylic acids is 1. The highest BCUT2D eigenvalue weighted by Crippen LogP contribution is 2.35. The Morgan fingerprint density at radius 1 is 1.18 bits per heavy atom. The third-order valence-electron chi connectivity index (χ3n) is 4.92. The molecule has 0 aliphatic carbocycles. The normalized spacial score (nSPS) is 15.2. The number of amides is 1. The lowest BCUT2D eigenvalue weighted by Crippen LogP contribution is -2.42. The summed E-state index contributed by atoms with van der Waals surface area (Å²) in [6.45, 7) is 4.46. The molecule has 0 saturated carbocycles. The first-order valence-electron chi connectivity index (χ1n) is 8.93. The Balaban J connectivity index is 2.08. The van der Waals surface area contributed by atoms with Crippen LogP contribution in [0.1, 0.15) is 10.5 Å². The average Bonchev–Trinajstić information content (AvgIpc) is 2.67. The molecule has 0 unspecified atom stereocenters. The van der Waals surface area contributed by atoms with Gasteiger partial charge in [-0.3, -0.25) is 9.78 Å². The van der Waals surface area contributed by atoms with Crippen LogP contribution in [-0.2, 0) is 11.1 Å². The summed E-state index contributed by atoms with van der Waals surface area (Å²) in [4.78, 5) is 23.3. The SMILES string of the molecule is CN1CCn2c(c(O)c3ncccc3/c2=N\c2cccc(P(C)(C)=O)c2)C1=O. The van der Waals surface area contributed by atoms with Gasteiger partial charge in [0.05, 0.1) is 5.69 Å². The molecular formula is C20H21N4O3P. The van der Waals surface area contributed by atoms with Gasteiger partial charge in [0.15, 0.2) is 11.4 Å². The Hall–Kier alpha value is -2.92. The summed E-state index contributed by atoms with van der Waals surface area (Å²) in [5, 5.41) is 12.1. The van der Waals surface area contributed by atoms with Crippen LogP contribution in [0.25, 0.3) is 10.9 Å². The first-order valence-corrected chi connectivity index (χ1v) is 11.5. The average molecular weight is 396 g/mol. The number of rotatable bonds is 2. The van der Waals surface area contributed by atoms with Crippen LogP contribution < -0.4 is 10.8 Å². The summed E-state index contributed by atoms with van der Waals surface area (Å²) >= 11 is 0. The van der Waals surface area contributed by atoms with Gasteiger partial charge in [-0.25, -0.2) is 4.99 Å². The summed E-state index contributed by atoms with van der Waals surface area (Å²) in [5.74, 6) is -0.403. The summed E-state index contributed by atoms with van der Waals surface area (Å²) in [5.41, 5.74) is 1.71. The van der Waals surface area contributed by atoms with Gasteiger partial charge in [-0.05, 0) is 37.6 Å². The minimum Gasteiger partial charge on any atom is -0.504 e. The fraction of sp³-hybridized carbons (Fsp3) is 0.250. The van der Waals surface area contributed by atoms with E-state index in [0.29, 0.717) is 35.2 Å². The highest BCUT2D eigenvalue weighted by Gasteiger charge is 2.28. The van der Waals surface area contributed by atoms with Crippen molar-refractivity contribution in [3.05, 3.63) is 53.8 Å². The number of nitrogens with zero attached hydrogens (tertiary/aromatic N) is 4. The van der Waals surface area contributed by atoms with Gasteiger partial charge in [-0.1, -0.05) is 12.1 Å². The summed E-state index contributed by atoms with van der Waals surface area (Å²) in [6, 6.07) is 10.9. The molecule has 3 aromatic rings. The molecule has 0 atom stereocenters. The smallest absolute Gasteiger partial charge is 0.274 e. The lowest BCUT2D eigenvalue weighted by molar-refractivity contribution is 0.0740. The molecule has 0 saturated heterocycles. The molecule has 0 fully saturated rings. The first-order chi connectivity index (χ1) is 13.3. The second-order valence-corrected chi connectivity index (χ2v) is 10.5. The zero-order valence-corrected chi connectivity index (χ0v) is 16.8. The lowest BCUT2D eigenvalue weighted by Gasteiger charge is -2.28. The van der Waals surface area contributed by atoms with Crippen LogP contribution in [0.3, 0.4) is 0 Å². The molecule has 8 heteroatoms. The molecule has 4 rings (SSSR count). The third-order valence-corrected chi connectivity index (χ3v) is 6.44. The van der Waals surface area contributed by atoms with Crippen molar-refractivity contribution < 1.29 is 14.5 Å². The molecule has 28 heavy (non-hydrogen) atoms. The molecule has 0 bridgehead atoms. The van der Waals surface area contributed by atoms with Crippen LogP contribution in [0.4, 0.5) is 5.69 Å². The van der Waals surface area contributed by atoms with Gasteiger partial charge in [0, 0.05) is 37.0 Å². The highest BCUT2D eigenvalue weighted by atomic mass is 31.2. The van der Waals surface area contributed by atoms with E-state index in [9.17, 15) is 14.5 Å². The highest BCUT2D eigenvalue weighted by molar-refractivity contribution is 7.70. The van der Waals surface area contributed by atoms with Gasteiger partial charge < -0.3 is 19.1 Å². The van der Waals surface area contributed by atoms with Gasteiger partial charge >= 0.3 is 0 Å². The third kappa shape index (κ3) is 3.02. The number of benzene rings is 1. The van der Waals surface area contributed by atoms with Crippen molar-refractivity contribution in [3.63, 3.8) is 0 Å². The number of pyridine rings is 2. The van der Waals surface area contributed by atoms with Crippen molar-refractivity contribution in [2.45, 2.75) is 6.54 Å². The van der Waals surface area contributed by atoms with Crippen LogP contribution in [-0.4, -0.2) is 52.4 Å². The molecule has 1 aliphatic rings. The largest absolute Gasteiger partial charge is 0.504 e. The molecule has 2 aromatic heterocycles. The predicted molar refractivity (Wildman–Crippen MR) is 109 cm³/mol. The van der Waals surface area contributed by atoms with Gasteiger partial charge in [0.25, 0.3) is 5.91 Å². The minimum atomic E-state index is -2.43. The first kappa shape index (κ1) is 18.4. The number of aromatic hydroxyl groups is 1. The molecule has 0 spiro atoms. The zero-order chi connectivity index (χ0) is 20.1. The zero-order valence-electron chi connectivity index (χ0n) is 16.0. The maximum atomic E-state index is 12.7. The molecule has 144 valence electrons. The molecule has 1 aromatic carbocycles. The fourth-order valence-electron chi connectivity index (χ4n) is 3.37. The molecule has 1 aliphatic heterocycles. The quantitative estimate of drug-likeness (QED) is 0.674. The van der Waals surface area contributed by atoms with E-state index in [-0.39, 0.29) is 17.4 Å². The second-order valence-electron chi connectivity index (χ2n) is 7.28. The maximum absolute atomic E-state index is 12.7. The molecular weight excluding hydrogens is 375 g/mol. The van der Waals surface area contributed by atoms with Crippen LogP contribution in [0, 0.1) is 0 Å². The van der Waals surface area contributed by atoms with E-state index in [1.807, 2.05) is 24.3 Å². The monoisotopic (exact) mass is 396 g/mol. The van der Waals surface area contributed by atoms with Crippen LogP contribution >= 0.6 is 7.14 Å². The molecule has 1 N–H and O–H groups in total. The van der Waals surface area contributed by atoms with Crippen molar-refractivity contribution in [1.29, 1.82) is 0 Å². The number of carbonyl (C=O) groups is 1. The Kier molecular flexibility index (Phi) is 4.35. The summed E-state index contributed by atoms with van der Waals surface area (Å²) < 4.78 is 14.2. The molecule has 7 nitrogen and oxygen atoms in total. The van der Waals surface area contributed by atoms with E-state index in [1.54, 1.807) is 48.2 Å². The van der Waals surface area contributed by atoms with E-state index in [0.717, 1.165) is 5.30 Å². The van der Waals surface area contributed by atoms with E-state index >= 15 is 0 Å². The minimum absolute atomic E-state index is 0.133. The summed E-state index contributed by atoms with van der Waals surface area (Å²) in [6.07, 6.45) is 1.57. The Morgan fingerprint density at radius 3 is 2.71 bits per heavy atom. The van der Waals surface area contributed by atoms with Crippen molar-refractivity contribution in [1.82, 2.24) is 14.5 Å². The Morgan fingerprint density at radius 2 is 1.96 bits per heavy atom. The number of aromatic nitrogens is 2. The number of hydrogen-bond acceptors (Lipinski definition) is 5.